The van der Waals surface area contributed by atoms with Crippen molar-refractivity contribution in [2.45, 2.75) is 43.6 Å². The molecule has 1 N–H and O–H groups in total. The topological polar surface area (TPSA) is 51.2 Å². The predicted octanol–water partition coefficient (Wildman–Crippen LogP) is 6.56. The fraction of sp³-hybridized carbons (Fsp3) is 0.280. The van der Waals surface area contributed by atoms with Crippen LogP contribution in [0.4, 0.5) is 0 Å². The molecule has 3 aromatic rings. The zero-order valence-corrected chi connectivity index (χ0v) is 18.4. The third kappa shape index (κ3) is 4.86. The minimum absolute atomic E-state index is 0.205. The molecule has 2 aliphatic rings. The van der Waals surface area contributed by atoms with Gasteiger partial charge in [0.1, 0.15) is 10.9 Å². The summed E-state index contributed by atoms with van der Waals surface area (Å²) in [4.78, 5) is 17.3. The maximum Gasteiger partial charge on any atom is 0.255 e. The molecule has 0 aliphatic heterocycles. The number of amides is 1. The molecule has 31 heavy (non-hydrogen) atoms. The molecule has 0 unspecified atom stereocenters. The summed E-state index contributed by atoms with van der Waals surface area (Å²) in [5.41, 5.74) is 2.55. The molecule has 6 heteroatoms. The fourth-order valence-corrected chi connectivity index (χ4v) is 4.13. The average Bonchev–Trinajstić information content (AvgIpc) is 3.68. The van der Waals surface area contributed by atoms with Gasteiger partial charge in [-0.3, -0.25) is 4.79 Å². The lowest BCUT2D eigenvalue weighted by molar-refractivity contribution is 0.0929. The molecular formula is C25H22Cl2N2O2. The van der Waals surface area contributed by atoms with Gasteiger partial charge in [0.2, 0.25) is 0 Å². The highest BCUT2D eigenvalue weighted by molar-refractivity contribution is 6.30. The summed E-state index contributed by atoms with van der Waals surface area (Å²) in [5.74, 6) is 1.52. The number of nitrogens with zero attached hydrogens (tertiary/aromatic N) is 1. The molecule has 0 radical (unpaired) electrons. The van der Waals surface area contributed by atoms with E-state index in [1.807, 2.05) is 42.5 Å². The first kappa shape index (κ1) is 20.3. The Bertz CT molecular complexity index is 1120. The van der Waals surface area contributed by atoms with Crippen molar-refractivity contribution in [1.82, 2.24) is 10.3 Å². The molecule has 0 spiro atoms. The second-order valence-electron chi connectivity index (χ2n) is 8.49. The summed E-state index contributed by atoms with van der Waals surface area (Å²) in [6, 6.07) is 17.3. The number of nitrogens with one attached hydrogen (secondary N) is 1. The van der Waals surface area contributed by atoms with Gasteiger partial charge in [-0.2, -0.15) is 0 Å². The van der Waals surface area contributed by atoms with Gasteiger partial charge in [-0.25, -0.2) is 4.98 Å². The molecular weight excluding hydrogens is 431 g/mol. The number of aromatic nitrogens is 1. The Kier molecular flexibility index (Phi) is 5.37. The number of benzene rings is 2. The Morgan fingerprint density at radius 1 is 1.10 bits per heavy atom. The maximum atomic E-state index is 13.2. The van der Waals surface area contributed by atoms with Crippen LogP contribution in [0.2, 0.25) is 10.2 Å². The van der Waals surface area contributed by atoms with Gasteiger partial charge >= 0.3 is 0 Å². The van der Waals surface area contributed by atoms with Gasteiger partial charge in [-0.05, 0) is 79.5 Å². The molecule has 0 bridgehead atoms. The van der Waals surface area contributed by atoms with Crippen LogP contribution in [0.3, 0.4) is 0 Å². The number of rotatable bonds is 7. The SMILES string of the molecule is O=C(NC1(Cc2ccc(Cl)cc2)CC1)c1cc(Cl)ncc1Oc1cccc(C2CC2)c1. The number of carbonyl (C=O) groups is 1. The Morgan fingerprint density at radius 2 is 1.87 bits per heavy atom. The van der Waals surface area contributed by atoms with Crippen LogP contribution >= 0.6 is 23.2 Å². The molecule has 0 saturated heterocycles. The summed E-state index contributed by atoms with van der Waals surface area (Å²) < 4.78 is 6.07. The highest BCUT2D eigenvalue weighted by Crippen LogP contribution is 2.42. The Labute approximate surface area is 191 Å². The molecule has 1 amide bonds. The summed E-state index contributed by atoms with van der Waals surface area (Å²) in [6.07, 6.45) is 6.57. The van der Waals surface area contributed by atoms with Crippen molar-refractivity contribution in [1.29, 1.82) is 0 Å². The van der Waals surface area contributed by atoms with E-state index in [4.69, 9.17) is 27.9 Å². The van der Waals surface area contributed by atoms with Crippen LogP contribution in [0, 0.1) is 0 Å². The van der Waals surface area contributed by atoms with Crippen LogP contribution in [0.1, 0.15) is 53.1 Å². The average molecular weight is 453 g/mol. The van der Waals surface area contributed by atoms with Crippen LogP contribution in [0.25, 0.3) is 0 Å². The van der Waals surface area contributed by atoms with Crippen molar-refractivity contribution >= 4 is 29.1 Å². The minimum Gasteiger partial charge on any atom is -0.455 e. The smallest absolute Gasteiger partial charge is 0.255 e. The van der Waals surface area contributed by atoms with E-state index in [-0.39, 0.29) is 16.6 Å². The van der Waals surface area contributed by atoms with Crippen molar-refractivity contribution < 1.29 is 9.53 Å². The standard InChI is InChI=1S/C25H22Cl2N2O2/c26-19-8-4-16(5-9-19)14-25(10-11-25)29-24(30)21-13-23(27)28-15-22(21)31-20-3-1-2-18(12-20)17-6-7-17/h1-5,8-9,12-13,15,17H,6-7,10-11,14H2,(H,29,30). The van der Waals surface area contributed by atoms with Gasteiger partial charge in [0.25, 0.3) is 5.91 Å². The summed E-state index contributed by atoms with van der Waals surface area (Å²) in [6.45, 7) is 0. The highest BCUT2D eigenvalue weighted by Gasteiger charge is 2.44. The van der Waals surface area contributed by atoms with Crippen molar-refractivity contribution in [2.75, 3.05) is 0 Å². The third-order valence-corrected chi connectivity index (χ3v) is 6.36. The quantitative estimate of drug-likeness (QED) is 0.412. The van der Waals surface area contributed by atoms with Gasteiger partial charge in [0.05, 0.1) is 11.8 Å². The van der Waals surface area contributed by atoms with Crippen molar-refractivity contribution in [2.24, 2.45) is 0 Å². The summed E-state index contributed by atoms with van der Waals surface area (Å²) >= 11 is 12.1. The molecule has 2 fully saturated rings. The lowest BCUT2D eigenvalue weighted by Crippen LogP contribution is -2.38. The first-order valence-corrected chi connectivity index (χ1v) is 11.3. The molecule has 1 heterocycles. The van der Waals surface area contributed by atoms with E-state index in [1.54, 1.807) is 6.07 Å². The van der Waals surface area contributed by atoms with E-state index >= 15 is 0 Å². The lowest BCUT2D eigenvalue weighted by Gasteiger charge is -2.19. The number of ether oxygens (including phenoxy) is 1. The largest absolute Gasteiger partial charge is 0.455 e. The van der Waals surface area contributed by atoms with Crippen molar-refractivity contribution in [3.8, 4) is 11.5 Å². The molecule has 2 aliphatic carbocycles. The predicted molar refractivity (Wildman–Crippen MR) is 122 cm³/mol. The zero-order valence-electron chi connectivity index (χ0n) is 16.9. The molecule has 158 valence electrons. The van der Waals surface area contributed by atoms with Crippen molar-refractivity contribution in [3.63, 3.8) is 0 Å². The van der Waals surface area contributed by atoms with Crippen LogP contribution in [-0.2, 0) is 6.42 Å². The van der Waals surface area contributed by atoms with E-state index in [0.29, 0.717) is 28.0 Å². The number of hydrogen-bond acceptors (Lipinski definition) is 3. The van der Waals surface area contributed by atoms with Crippen LogP contribution in [0.5, 0.6) is 11.5 Å². The van der Waals surface area contributed by atoms with Gasteiger partial charge in [0, 0.05) is 10.6 Å². The van der Waals surface area contributed by atoms with Gasteiger partial charge in [-0.1, -0.05) is 47.5 Å². The molecule has 2 saturated carbocycles. The second kappa shape index (κ2) is 8.18. The number of pyridine rings is 1. The van der Waals surface area contributed by atoms with E-state index in [1.165, 1.54) is 24.6 Å². The molecule has 4 nitrogen and oxygen atoms in total. The first-order chi connectivity index (χ1) is 15.0. The summed E-state index contributed by atoms with van der Waals surface area (Å²) in [5, 5.41) is 4.16. The van der Waals surface area contributed by atoms with Crippen LogP contribution in [0.15, 0.2) is 60.8 Å². The lowest BCUT2D eigenvalue weighted by atomic mass is 10.0. The van der Waals surface area contributed by atoms with E-state index in [9.17, 15) is 4.79 Å². The minimum atomic E-state index is -0.246. The monoisotopic (exact) mass is 452 g/mol. The van der Waals surface area contributed by atoms with Gasteiger partial charge < -0.3 is 10.1 Å². The Hall–Kier alpha value is -2.56. The first-order valence-electron chi connectivity index (χ1n) is 10.5. The molecule has 1 aromatic heterocycles. The Morgan fingerprint density at radius 3 is 2.58 bits per heavy atom. The highest BCUT2D eigenvalue weighted by atomic mass is 35.5. The van der Waals surface area contributed by atoms with Crippen LogP contribution in [-0.4, -0.2) is 16.4 Å². The third-order valence-electron chi connectivity index (χ3n) is 5.90. The van der Waals surface area contributed by atoms with Gasteiger partial charge in [-0.15, -0.1) is 0 Å². The zero-order chi connectivity index (χ0) is 21.4. The number of halogens is 2. The van der Waals surface area contributed by atoms with E-state index in [0.717, 1.165) is 24.8 Å². The van der Waals surface area contributed by atoms with E-state index in [2.05, 4.69) is 16.4 Å². The summed E-state index contributed by atoms with van der Waals surface area (Å²) in [7, 11) is 0. The van der Waals surface area contributed by atoms with Gasteiger partial charge in [0.15, 0.2) is 5.75 Å². The normalized spacial score (nSPS) is 16.6. The maximum absolute atomic E-state index is 13.2. The molecule has 2 aromatic carbocycles. The Balaban J connectivity index is 1.34. The number of carbonyl (C=O) groups excluding carboxylic acids is 1. The second-order valence-corrected chi connectivity index (χ2v) is 9.31. The van der Waals surface area contributed by atoms with Crippen LogP contribution < -0.4 is 10.1 Å². The molecule has 5 rings (SSSR count). The van der Waals surface area contributed by atoms with E-state index < -0.39 is 0 Å². The fourth-order valence-electron chi connectivity index (χ4n) is 3.85. The van der Waals surface area contributed by atoms with Crippen molar-refractivity contribution in [3.05, 3.63) is 87.7 Å². The number of hydrogen-bond donors (Lipinski definition) is 1. The molecule has 0 atom stereocenters.